The molecule has 1 unspecified atom stereocenters. The smallest absolute Gasteiger partial charge is 0.207 e. The zero-order valence-corrected chi connectivity index (χ0v) is 11.7. The highest BCUT2D eigenvalue weighted by atomic mass is 32.2. The summed E-state index contributed by atoms with van der Waals surface area (Å²) >= 11 is 0. The summed E-state index contributed by atoms with van der Waals surface area (Å²) in [6.45, 7) is 5.73. The minimum absolute atomic E-state index is 0.192. The average Bonchev–Trinajstić information content (AvgIpc) is 2.28. The van der Waals surface area contributed by atoms with Crippen molar-refractivity contribution in [1.29, 1.82) is 5.26 Å². The maximum absolute atomic E-state index is 11.9. The first-order valence-corrected chi connectivity index (χ1v) is 7.34. The summed E-state index contributed by atoms with van der Waals surface area (Å²) < 4.78 is 26.0. The van der Waals surface area contributed by atoms with E-state index in [1.807, 2.05) is 18.2 Å². The second kappa shape index (κ2) is 5.98. The van der Waals surface area contributed by atoms with Gasteiger partial charge in [-0.25, -0.2) is 8.42 Å². The first-order valence-electron chi connectivity index (χ1n) is 5.86. The fourth-order valence-corrected chi connectivity index (χ4v) is 2.75. The molecule has 4 nitrogen and oxygen atoms in total. The predicted octanol–water partition coefficient (Wildman–Crippen LogP) is 2.08. The van der Waals surface area contributed by atoms with Crippen molar-refractivity contribution in [3.05, 3.63) is 29.8 Å². The van der Waals surface area contributed by atoms with Gasteiger partial charge in [-0.3, -0.25) is 0 Å². The van der Waals surface area contributed by atoms with E-state index >= 15 is 0 Å². The Bertz CT molecular complexity index is 527. The largest absolute Gasteiger partial charge is 0.241 e. The minimum Gasteiger partial charge on any atom is -0.207 e. The molecule has 1 rings (SSSR count). The number of nitrogens with one attached hydrogen (secondary N) is 1. The van der Waals surface area contributed by atoms with Crippen LogP contribution in [-0.4, -0.2) is 14.5 Å². The Labute approximate surface area is 109 Å². The van der Waals surface area contributed by atoms with E-state index in [4.69, 9.17) is 5.26 Å². The maximum atomic E-state index is 11.9. The van der Waals surface area contributed by atoms with Crippen LogP contribution < -0.4 is 4.72 Å². The molecule has 0 spiro atoms. The SMILES string of the molecule is CC(C)Cc1ccc(S(=O)(=O)NC(C)C#N)cc1. The zero-order valence-electron chi connectivity index (χ0n) is 10.8. The Morgan fingerprint density at radius 3 is 2.22 bits per heavy atom. The first kappa shape index (κ1) is 14.7. The standard InChI is InChI=1S/C13H18N2O2S/c1-10(2)8-12-4-6-13(7-5-12)18(16,17)15-11(3)9-14/h4-7,10-11,15H,8H2,1-3H3. The third-order valence-corrected chi connectivity index (χ3v) is 3.96. The molecule has 18 heavy (non-hydrogen) atoms. The molecule has 0 fully saturated rings. The number of rotatable bonds is 5. The summed E-state index contributed by atoms with van der Waals surface area (Å²) in [5, 5.41) is 8.61. The number of nitriles is 1. The van der Waals surface area contributed by atoms with Gasteiger partial charge in [0, 0.05) is 0 Å². The van der Waals surface area contributed by atoms with E-state index in [0.717, 1.165) is 12.0 Å². The Kier molecular flexibility index (Phi) is 4.88. The second-order valence-corrected chi connectivity index (χ2v) is 6.43. The summed E-state index contributed by atoms with van der Waals surface area (Å²) in [7, 11) is -3.59. The number of benzene rings is 1. The molecule has 1 N–H and O–H groups in total. The molecule has 1 aromatic carbocycles. The van der Waals surface area contributed by atoms with Crippen LogP contribution in [0.3, 0.4) is 0 Å². The lowest BCUT2D eigenvalue weighted by molar-refractivity contribution is 0.577. The molecule has 0 aliphatic rings. The molecule has 0 aliphatic heterocycles. The molecular weight excluding hydrogens is 248 g/mol. The van der Waals surface area contributed by atoms with Crippen molar-refractivity contribution < 1.29 is 8.42 Å². The van der Waals surface area contributed by atoms with Crippen molar-refractivity contribution in [2.24, 2.45) is 5.92 Å². The van der Waals surface area contributed by atoms with Crippen LogP contribution >= 0.6 is 0 Å². The lowest BCUT2D eigenvalue weighted by atomic mass is 10.0. The molecule has 0 saturated heterocycles. The van der Waals surface area contributed by atoms with Crippen molar-refractivity contribution in [1.82, 2.24) is 4.72 Å². The van der Waals surface area contributed by atoms with Crippen LogP contribution in [0.15, 0.2) is 29.2 Å². The highest BCUT2D eigenvalue weighted by Crippen LogP contribution is 2.13. The topological polar surface area (TPSA) is 70.0 Å². The molecule has 1 aromatic rings. The summed E-state index contributed by atoms with van der Waals surface area (Å²) in [4.78, 5) is 0.192. The molecule has 1 atom stereocenters. The molecule has 0 radical (unpaired) electrons. The third kappa shape index (κ3) is 4.13. The van der Waals surface area contributed by atoms with Crippen LogP contribution in [-0.2, 0) is 16.4 Å². The Balaban J connectivity index is 2.88. The Morgan fingerprint density at radius 1 is 1.22 bits per heavy atom. The van der Waals surface area contributed by atoms with Gasteiger partial charge in [0.2, 0.25) is 10.0 Å². The lowest BCUT2D eigenvalue weighted by Crippen LogP contribution is -2.31. The van der Waals surface area contributed by atoms with E-state index in [0.29, 0.717) is 5.92 Å². The van der Waals surface area contributed by atoms with E-state index < -0.39 is 16.1 Å². The van der Waals surface area contributed by atoms with Crippen molar-refractivity contribution >= 4 is 10.0 Å². The van der Waals surface area contributed by atoms with E-state index in [1.54, 1.807) is 12.1 Å². The van der Waals surface area contributed by atoms with Crippen LogP contribution in [0.2, 0.25) is 0 Å². The summed E-state index contributed by atoms with van der Waals surface area (Å²) in [5.74, 6) is 0.532. The van der Waals surface area contributed by atoms with Crippen molar-refractivity contribution in [3.8, 4) is 6.07 Å². The molecule has 5 heteroatoms. The molecule has 0 aromatic heterocycles. The minimum atomic E-state index is -3.59. The Morgan fingerprint density at radius 2 is 1.78 bits per heavy atom. The maximum Gasteiger partial charge on any atom is 0.241 e. The molecule has 0 amide bonds. The highest BCUT2D eigenvalue weighted by molar-refractivity contribution is 7.89. The van der Waals surface area contributed by atoms with Crippen LogP contribution in [0.25, 0.3) is 0 Å². The fourth-order valence-electron chi connectivity index (χ4n) is 1.60. The van der Waals surface area contributed by atoms with E-state index in [2.05, 4.69) is 18.6 Å². The monoisotopic (exact) mass is 266 g/mol. The zero-order chi connectivity index (χ0) is 13.8. The molecule has 98 valence electrons. The molecular formula is C13H18N2O2S. The Hall–Kier alpha value is -1.38. The number of nitrogens with zero attached hydrogens (tertiary/aromatic N) is 1. The van der Waals surface area contributed by atoms with Gasteiger partial charge < -0.3 is 0 Å². The third-order valence-electron chi connectivity index (χ3n) is 2.40. The second-order valence-electron chi connectivity index (χ2n) is 4.71. The quantitative estimate of drug-likeness (QED) is 0.887. The van der Waals surface area contributed by atoms with Crippen molar-refractivity contribution in [2.45, 2.75) is 38.1 Å². The van der Waals surface area contributed by atoms with Crippen LogP contribution in [0.4, 0.5) is 0 Å². The summed E-state index contributed by atoms with van der Waals surface area (Å²) in [6, 6.07) is 7.88. The van der Waals surface area contributed by atoms with Crippen LogP contribution in [0, 0.1) is 17.2 Å². The van der Waals surface area contributed by atoms with E-state index in [9.17, 15) is 8.42 Å². The average molecular weight is 266 g/mol. The van der Waals surface area contributed by atoms with Crippen LogP contribution in [0.1, 0.15) is 26.3 Å². The van der Waals surface area contributed by atoms with E-state index in [1.165, 1.54) is 6.92 Å². The van der Waals surface area contributed by atoms with Gasteiger partial charge in [-0.15, -0.1) is 0 Å². The van der Waals surface area contributed by atoms with Gasteiger partial charge in [-0.1, -0.05) is 26.0 Å². The molecule has 0 heterocycles. The number of sulfonamides is 1. The molecule has 0 saturated carbocycles. The van der Waals surface area contributed by atoms with E-state index in [-0.39, 0.29) is 4.90 Å². The van der Waals surface area contributed by atoms with Gasteiger partial charge in [0.25, 0.3) is 0 Å². The predicted molar refractivity (Wildman–Crippen MR) is 70.4 cm³/mol. The van der Waals surface area contributed by atoms with Gasteiger partial charge >= 0.3 is 0 Å². The van der Waals surface area contributed by atoms with Gasteiger partial charge in [0.05, 0.1) is 11.0 Å². The number of hydrogen-bond acceptors (Lipinski definition) is 3. The van der Waals surface area contributed by atoms with Gasteiger partial charge in [-0.05, 0) is 37.0 Å². The molecule has 0 aliphatic carbocycles. The first-order chi connectivity index (χ1) is 8.35. The normalized spacial score (nSPS) is 13.3. The van der Waals surface area contributed by atoms with Gasteiger partial charge in [0.1, 0.15) is 6.04 Å². The fraction of sp³-hybridized carbons (Fsp3) is 0.462. The lowest BCUT2D eigenvalue weighted by Gasteiger charge is -2.09. The van der Waals surface area contributed by atoms with Crippen molar-refractivity contribution in [3.63, 3.8) is 0 Å². The summed E-state index contributed by atoms with van der Waals surface area (Å²) in [5.41, 5.74) is 1.11. The molecule has 0 bridgehead atoms. The number of hydrogen-bond donors (Lipinski definition) is 1. The van der Waals surface area contributed by atoms with Crippen LogP contribution in [0.5, 0.6) is 0 Å². The summed E-state index contributed by atoms with van der Waals surface area (Å²) in [6.07, 6.45) is 0.919. The van der Waals surface area contributed by atoms with Gasteiger partial charge in [-0.2, -0.15) is 9.98 Å². The van der Waals surface area contributed by atoms with Crippen molar-refractivity contribution in [2.75, 3.05) is 0 Å². The highest BCUT2D eigenvalue weighted by Gasteiger charge is 2.16. The van der Waals surface area contributed by atoms with Gasteiger partial charge in [0.15, 0.2) is 0 Å².